The van der Waals surface area contributed by atoms with Crippen molar-refractivity contribution in [2.45, 2.75) is 6.18 Å². The van der Waals surface area contributed by atoms with Crippen molar-refractivity contribution in [3.8, 4) is 0 Å². The molecule has 0 aliphatic rings. The molecule has 0 spiro atoms. The fraction of sp³-hybridized carbons (Fsp3) is 0.0909. The van der Waals surface area contributed by atoms with Crippen LogP contribution in [-0.4, -0.2) is 21.4 Å². The van der Waals surface area contributed by atoms with Gasteiger partial charge in [0.15, 0.2) is 5.69 Å². The van der Waals surface area contributed by atoms with Crippen LogP contribution in [-0.2, 0) is 6.18 Å². The second-order valence-electron chi connectivity index (χ2n) is 3.85. The maximum atomic E-state index is 12.6. The molecule has 1 aromatic heterocycles. The molecule has 1 heterocycles. The van der Waals surface area contributed by atoms with Crippen LogP contribution in [0.15, 0.2) is 24.3 Å². The molecule has 1 aromatic carbocycles. The molecule has 21 heavy (non-hydrogen) atoms. The molecule has 0 atom stereocenters. The van der Waals surface area contributed by atoms with Crippen molar-refractivity contribution in [1.82, 2.24) is 9.59 Å². The van der Waals surface area contributed by atoms with Gasteiger partial charge < -0.3 is 11.1 Å². The van der Waals surface area contributed by atoms with Crippen LogP contribution in [0, 0.1) is 0 Å². The van der Waals surface area contributed by atoms with Gasteiger partial charge in [0, 0.05) is 17.1 Å². The number of carbonyl (C=O) groups excluding carboxylic acids is 2. The van der Waals surface area contributed by atoms with Crippen molar-refractivity contribution in [1.29, 1.82) is 0 Å². The number of benzene rings is 1. The second kappa shape index (κ2) is 5.48. The van der Waals surface area contributed by atoms with E-state index in [1.165, 1.54) is 6.07 Å². The van der Waals surface area contributed by atoms with E-state index >= 15 is 0 Å². The van der Waals surface area contributed by atoms with Crippen LogP contribution in [0.4, 0.5) is 18.2 Å². The molecule has 2 aromatic rings. The molecule has 0 saturated heterocycles. The van der Waals surface area contributed by atoms with Crippen LogP contribution in [0.5, 0.6) is 0 Å². The summed E-state index contributed by atoms with van der Waals surface area (Å²) >= 11 is 0.695. The van der Waals surface area contributed by atoms with Crippen LogP contribution in [0.25, 0.3) is 0 Å². The first kappa shape index (κ1) is 14.9. The summed E-state index contributed by atoms with van der Waals surface area (Å²) in [6.07, 6.45) is -4.55. The summed E-state index contributed by atoms with van der Waals surface area (Å²) in [7, 11) is 0. The Bertz CT molecular complexity index is 699. The minimum atomic E-state index is -4.55. The summed E-state index contributed by atoms with van der Waals surface area (Å²) in [5.74, 6) is -1.72. The number of aromatic nitrogens is 2. The number of hydrogen-bond acceptors (Lipinski definition) is 5. The van der Waals surface area contributed by atoms with E-state index in [-0.39, 0.29) is 16.3 Å². The molecule has 0 unspecified atom stereocenters. The molecule has 2 rings (SSSR count). The highest BCUT2D eigenvalue weighted by Gasteiger charge is 2.31. The summed E-state index contributed by atoms with van der Waals surface area (Å²) in [4.78, 5) is 22.9. The molecule has 0 radical (unpaired) electrons. The van der Waals surface area contributed by atoms with Gasteiger partial charge >= 0.3 is 6.18 Å². The molecule has 0 aliphatic heterocycles. The topological polar surface area (TPSA) is 98.0 Å². The predicted octanol–water partition coefficient (Wildman–Crippen LogP) is 1.91. The van der Waals surface area contributed by atoms with Crippen molar-refractivity contribution in [2.75, 3.05) is 5.32 Å². The Hall–Kier alpha value is -2.49. The zero-order valence-corrected chi connectivity index (χ0v) is 11.0. The molecular weight excluding hydrogens is 309 g/mol. The van der Waals surface area contributed by atoms with E-state index in [1.54, 1.807) is 0 Å². The Morgan fingerprint density at radius 2 is 2.00 bits per heavy atom. The number of amides is 2. The van der Waals surface area contributed by atoms with E-state index in [2.05, 4.69) is 14.9 Å². The fourth-order valence-corrected chi connectivity index (χ4v) is 2.02. The number of primary amides is 1. The van der Waals surface area contributed by atoms with Crippen LogP contribution >= 0.6 is 11.5 Å². The van der Waals surface area contributed by atoms with Crippen LogP contribution in [0.3, 0.4) is 0 Å². The van der Waals surface area contributed by atoms with Crippen LogP contribution < -0.4 is 11.1 Å². The van der Waals surface area contributed by atoms with Gasteiger partial charge in [-0.2, -0.15) is 13.2 Å². The van der Waals surface area contributed by atoms with Gasteiger partial charge in [0.25, 0.3) is 11.8 Å². The number of nitrogens with one attached hydrogen (secondary N) is 1. The standard InChI is InChI=1S/C11H7F3N4O2S/c12-11(13,14)6-3-1-2-5(4-6)9(20)16-10-7(8(15)19)17-18-21-10/h1-4H,(H2,15,19)(H,16,20). The molecule has 0 bridgehead atoms. The first-order chi connectivity index (χ1) is 9.79. The van der Waals surface area contributed by atoms with Gasteiger partial charge in [-0.15, -0.1) is 5.10 Å². The number of rotatable bonds is 3. The minimum Gasteiger partial charge on any atom is -0.364 e. The highest BCUT2D eigenvalue weighted by molar-refractivity contribution is 7.10. The highest BCUT2D eigenvalue weighted by Crippen LogP contribution is 2.29. The molecule has 0 aliphatic carbocycles. The van der Waals surface area contributed by atoms with Crippen molar-refractivity contribution in [3.63, 3.8) is 0 Å². The lowest BCUT2D eigenvalue weighted by molar-refractivity contribution is -0.137. The van der Waals surface area contributed by atoms with Gasteiger partial charge in [-0.25, -0.2) is 0 Å². The maximum Gasteiger partial charge on any atom is 0.416 e. The summed E-state index contributed by atoms with van der Waals surface area (Å²) in [6, 6.07) is 3.87. The quantitative estimate of drug-likeness (QED) is 0.903. The van der Waals surface area contributed by atoms with Crippen molar-refractivity contribution < 1.29 is 22.8 Å². The summed E-state index contributed by atoms with van der Waals surface area (Å²) in [5, 5.41) is 5.65. The number of alkyl halides is 3. The first-order valence-electron chi connectivity index (χ1n) is 5.40. The highest BCUT2D eigenvalue weighted by atomic mass is 32.1. The Morgan fingerprint density at radius 1 is 1.29 bits per heavy atom. The molecule has 0 saturated carbocycles. The van der Waals surface area contributed by atoms with Gasteiger partial charge in [-0.1, -0.05) is 10.6 Å². The number of nitrogens with two attached hydrogens (primary N) is 1. The Balaban J connectivity index is 2.25. The Labute approximate surface area is 119 Å². The SMILES string of the molecule is NC(=O)c1nnsc1NC(=O)c1cccc(C(F)(F)F)c1. The van der Waals surface area contributed by atoms with E-state index in [0.29, 0.717) is 17.6 Å². The largest absolute Gasteiger partial charge is 0.416 e. The smallest absolute Gasteiger partial charge is 0.364 e. The fourth-order valence-electron chi connectivity index (χ4n) is 1.45. The van der Waals surface area contributed by atoms with Gasteiger partial charge in [0.2, 0.25) is 0 Å². The van der Waals surface area contributed by atoms with E-state index in [4.69, 9.17) is 5.73 Å². The van der Waals surface area contributed by atoms with Crippen LogP contribution in [0.2, 0.25) is 0 Å². The zero-order chi connectivity index (χ0) is 15.6. The molecule has 3 N–H and O–H groups in total. The molecule has 0 fully saturated rings. The average molecular weight is 316 g/mol. The molecule has 2 amide bonds. The van der Waals surface area contributed by atoms with Crippen molar-refractivity contribution >= 4 is 28.3 Å². The number of nitrogens with zero attached hydrogens (tertiary/aromatic N) is 2. The van der Waals surface area contributed by atoms with Gasteiger partial charge in [0.05, 0.1) is 5.56 Å². The van der Waals surface area contributed by atoms with E-state index in [0.717, 1.165) is 12.1 Å². The lowest BCUT2D eigenvalue weighted by Gasteiger charge is -2.08. The lowest BCUT2D eigenvalue weighted by Crippen LogP contribution is -2.18. The minimum absolute atomic E-state index is 0.0232. The summed E-state index contributed by atoms with van der Waals surface area (Å²) < 4.78 is 41.1. The van der Waals surface area contributed by atoms with Crippen molar-refractivity contribution in [2.24, 2.45) is 5.73 Å². The molecule has 110 valence electrons. The number of anilines is 1. The molecule has 6 nitrogen and oxygen atoms in total. The Morgan fingerprint density at radius 3 is 2.62 bits per heavy atom. The third-order valence-electron chi connectivity index (χ3n) is 2.40. The molecule has 10 heteroatoms. The van der Waals surface area contributed by atoms with E-state index < -0.39 is 23.6 Å². The maximum absolute atomic E-state index is 12.6. The number of halogens is 3. The first-order valence-corrected chi connectivity index (χ1v) is 6.17. The van der Waals surface area contributed by atoms with Crippen LogP contribution in [0.1, 0.15) is 26.4 Å². The zero-order valence-electron chi connectivity index (χ0n) is 10.1. The van der Waals surface area contributed by atoms with E-state index in [1.807, 2.05) is 0 Å². The summed E-state index contributed by atoms with van der Waals surface area (Å²) in [6.45, 7) is 0. The predicted molar refractivity (Wildman–Crippen MR) is 67.8 cm³/mol. The van der Waals surface area contributed by atoms with Gasteiger partial charge in [-0.3, -0.25) is 9.59 Å². The third kappa shape index (κ3) is 3.34. The van der Waals surface area contributed by atoms with Gasteiger partial charge in [0.1, 0.15) is 5.00 Å². The monoisotopic (exact) mass is 316 g/mol. The van der Waals surface area contributed by atoms with Crippen molar-refractivity contribution in [3.05, 3.63) is 41.1 Å². The molecular formula is C11H7F3N4O2S. The summed E-state index contributed by atoms with van der Waals surface area (Å²) in [5.41, 5.74) is 3.60. The Kier molecular flexibility index (Phi) is 3.89. The lowest BCUT2D eigenvalue weighted by atomic mass is 10.1. The second-order valence-corrected chi connectivity index (χ2v) is 4.60. The number of hydrogen-bond donors (Lipinski definition) is 2. The average Bonchev–Trinajstić information content (AvgIpc) is 2.86. The van der Waals surface area contributed by atoms with Gasteiger partial charge in [-0.05, 0) is 18.2 Å². The van der Waals surface area contributed by atoms with E-state index in [9.17, 15) is 22.8 Å². The number of carbonyl (C=O) groups is 2. The third-order valence-corrected chi connectivity index (χ3v) is 3.04. The normalized spacial score (nSPS) is 11.2.